The van der Waals surface area contributed by atoms with E-state index in [0.717, 1.165) is 16.0 Å². The Morgan fingerprint density at radius 3 is 3.00 bits per heavy atom. The molecular formula is C10H12BrNO2S2. The lowest BCUT2D eigenvalue weighted by atomic mass is 10.0. The van der Waals surface area contributed by atoms with Gasteiger partial charge in [0.1, 0.15) is 0 Å². The second-order valence-corrected chi connectivity index (χ2v) is 7.38. The summed E-state index contributed by atoms with van der Waals surface area (Å²) in [6.45, 7) is 0.342. The van der Waals surface area contributed by atoms with Crippen molar-refractivity contribution in [3.63, 3.8) is 0 Å². The van der Waals surface area contributed by atoms with E-state index in [2.05, 4.69) is 21.2 Å². The summed E-state index contributed by atoms with van der Waals surface area (Å²) in [5.74, 6) is 1.57. The van der Waals surface area contributed by atoms with Crippen molar-refractivity contribution in [3.05, 3.63) is 20.8 Å². The fourth-order valence-electron chi connectivity index (χ4n) is 1.50. The van der Waals surface area contributed by atoms with E-state index in [1.54, 1.807) is 17.8 Å². The Labute approximate surface area is 111 Å². The predicted octanol–water partition coefficient (Wildman–Crippen LogP) is 2.11. The SMILES string of the molecule is O=C(NC[C@]1(O)CCSC1)c1ccc(Br)s1. The summed E-state index contributed by atoms with van der Waals surface area (Å²) in [5.41, 5.74) is -0.713. The minimum absolute atomic E-state index is 0.110. The molecule has 0 bridgehead atoms. The van der Waals surface area contributed by atoms with E-state index in [4.69, 9.17) is 0 Å². The van der Waals surface area contributed by atoms with Crippen LogP contribution in [0.25, 0.3) is 0 Å². The number of thioether (sulfide) groups is 1. The van der Waals surface area contributed by atoms with Crippen molar-refractivity contribution in [2.45, 2.75) is 12.0 Å². The molecule has 1 aromatic rings. The van der Waals surface area contributed by atoms with Gasteiger partial charge in [-0.05, 0) is 40.2 Å². The molecule has 88 valence electrons. The molecule has 0 unspecified atom stereocenters. The Morgan fingerprint density at radius 2 is 2.44 bits per heavy atom. The molecule has 1 aliphatic heterocycles. The third kappa shape index (κ3) is 3.00. The molecule has 1 amide bonds. The number of hydrogen-bond acceptors (Lipinski definition) is 4. The number of rotatable bonds is 3. The van der Waals surface area contributed by atoms with E-state index >= 15 is 0 Å². The predicted molar refractivity (Wildman–Crippen MR) is 71.2 cm³/mol. The third-order valence-corrected chi connectivity index (χ3v) is 5.31. The highest BCUT2D eigenvalue weighted by molar-refractivity contribution is 9.11. The number of thiophene rings is 1. The molecule has 0 saturated carbocycles. The molecular weight excluding hydrogens is 310 g/mol. The van der Waals surface area contributed by atoms with Crippen LogP contribution in [0, 0.1) is 0 Å². The first-order chi connectivity index (χ1) is 7.59. The van der Waals surface area contributed by atoms with Gasteiger partial charge >= 0.3 is 0 Å². The van der Waals surface area contributed by atoms with Gasteiger partial charge in [0, 0.05) is 12.3 Å². The molecule has 3 nitrogen and oxygen atoms in total. The van der Waals surface area contributed by atoms with Crippen LogP contribution in [-0.4, -0.2) is 34.7 Å². The van der Waals surface area contributed by atoms with E-state index in [-0.39, 0.29) is 5.91 Å². The van der Waals surface area contributed by atoms with Gasteiger partial charge in [-0.15, -0.1) is 11.3 Å². The molecule has 1 aliphatic rings. The maximum Gasteiger partial charge on any atom is 0.261 e. The van der Waals surface area contributed by atoms with Crippen LogP contribution >= 0.6 is 39.0 Å². The van der Waals surface area contributed by atoms with Crippen molar-refractivity contribution >= 4 is 44.9 Å². The van der Waals surface area contributed by atoms with Gasteiger partial charge in [-0.1, -0.05) is 0 Å². The Balaban J connectivity index is 1.88. The maximum atomic E-state index is 11.7. The van der Waals surface area contributed by atoms with Gasteiger partial charge < -0.3 is 10.4 Å². The van der Waals surface area contributed by atoms with Gasteiger partial charge in [0.05, 0.1) is 14.3 Å². The fourth-order valence-corrected chi connectivity index (χ4v) is 4.10. The number of carbonyl (C=O) groups is 1. The quantitative estimate of drug-likeness (QED) is 0.896. The molecule has 2 rings (SSSR count). The van der Waals surface area contributed by atoms with Crippen molar-refractivity contribution in [2.24, 2.45) is 0 Å². The van der Waals surface area contributed by atoms with Gasteiger partial charge in [0.25, 0.3) is 5.91 Å². The van der Waals surface area contributed by atoms with Crippen molar-refractivity contribution in [3.8, 4) is 0 Å². The lowest BCUT2D eigenvalue weighted by Crippen LogP contribution is -2.42. The minimum Gasteiger partial charge on any atom is -0.387 e. The Kier molecular flexibility index (Phi) is 3.94. The van der Waals surface area contributed by atoms with Crippen LogP contribution in [0.1, 0.15) is 16.1 Å². The number of hydrogen-bond donors (Lipinski definition) is 2. The summed E-state index contributed by atoms with van der Waals surface area (Å²) in [4.78, 5) is 12.4. The standard InChI is InChI=1S/C10H12BrNO2S2/c11-8-2-1-7(16-8)9(13)12-5-10(14)3-4-15-6-10/h1-2,14H,3-6H2,(H,12,13)/t10-/m1/s1. The van der Waals surface area contributed by atoms with E-state index in [0.29, 0.717) is 17.2 Å². The normalized spacial score (nSPS) is 24.6. The second kappa shape index (κ2) is 5.08. The smallest absolute Gasteiger partial charge is 0.261 e. The van der Waals surface area contributed by atoms with E-state index < -0.39 is 5.60 Å². The average Bonchev–Trinajstić information content (AvgIpc) is 2.85. The summed E-state index contributed by atoms with van der Waals surface area (Å²) in [6, 6.07) is 3.62. The highest BCUT2D eigenvalue weighted by atomic mass is 79.9. The Morgan fingerprint density at radius 1 is 1.62 bits per heavy atom. The van der Waals surface area contributed by atoms with Crippen LogP contribution in [0.3, 0.4) is 0 Å². The molecule has 1 aromatic heterocycles. The van der Waals surface area contributed by atoms with Crippen LogP contribution in [-0.2, 0) is 0 Å². The summed E-state index contributed by atoms with van der Waals surface area (Å²) in [7, 11) is 0. The monoisotopic (exact) mass is 321 g/mol. The highest BCUT2D eigenvalue weighted by Gasteiger charge is 2.32. The van der Waals surface area contributed by atoms with E-state index in [1.807, 2.05) is 6.07 Å². The number of carbonyl (C=O) groups excluding carboxylic acids is 1. The van der Waals surface area contributed by atoms with Crippen LogP contribution in [0.2, 0.25) is 0 Å². The first kappa shape index (κ1) is 12.4. The minimum atomic E-state index is -0.713. The Hall–Kier alpha value is -0.0400. The number of halogens is 1. The zero-order valence-corrected chi connectivity index (χ0v) is 11.8. The highest BCUT2D eigenvalue weighted by Crippen LogP contribution is 2.27. The largest absolute Gasteiger partial charge is 0.387 e. The topological polar surface area (TPSA) is 49.3 Å². The molecule has 6 heteroatoms. The van der Waals surface area contributed by atoms with Crippen molar-refractivity contribution in [1.82, 2.24) is 5.32 Å². The third-order valence-electron chi connectivity index (χ3n) is 2.46. The van der Waals surface area contributed by atoms with E-state index in [9.17, 15) is 9.90 Å². The van der Waals surface area contributed by atoms with Crippen molar-refractivity contribution < 1.29 is 9.90 Å². The van der Waals surface area contributed by atoms with Crippen molar-refractivity contribution in [2.75, 3.05) is 18.1 Å². The summed E-state index contributed by atoms with van der Waals surface area (Å²) >= 11 is 6.44. The van der Waals surface area contributed by atoms with Crippen LogP contribution in [0.5, 0.6) is 0 Å². The van der Waals surface area contributed by atoms with Gasteiger partial charge in [-0.25, -0.2) is 0 Å². The zero-order chi connectivity index (χ0) is 11.6. The molecule has 2 heterocycles. The first-order valence-corrected chi connectivity index (χ1v) is 7.69. The summed E-state index contributed by atoms with van der Waals surface area (Å²) in [6.07, 6.45) is 0.756. The molecule has 0 spiro atoms. The number of amides is 1. The molecule has 0 radical (unpaired) electrons. The van der Waals surface area contributed by atoms with Gasteiger partial charge in [0.15, 0.2) is 0 Å². The molecule has 2 N–H and O–H groups in total. The lowest BCUT2D eigenvalue weighted by molar-refractivity contribution is 0.0614. The second-order valence-electron chi connectivity index (χ2n) is 3.81. The van der Waals surface area contributed by atoms with Crippen LogP contribution in [0.15, 0.2) is 15.9 Å². The van der Waals surface area contributed by atoms with Gasteiger partial charge in [-0.2, -0.15) is 11.8 Å². The average molecular weight is 322 g/mol. The fraction of sp³-hybridized carbons (Fsp3) is 0.500. The summed E-state index contributed by atoms with van der Waals surface area (Å²) in [5, 5.41) is 12.8. The molecule has 1 atom stereocenters. The zero-order valence-electron chi connectivity index (χ0n) is 8.53. The molecule has 1 saturated heterocycles. The van der Waals surface area contributed by atoms with Crippen molar-refractivity contribution in [1.29, 1.82) is 0 Å². The molecule has 16 heavy (non-hydrogen) atoms. The Bertz CT molecular complexity index is 388. The van der Waals surface area contributed by atoms with E-state index in [1.165, 1.54) is 11.3 Å². The first-order valence-electron chi connectivity index (χ1n) is 4.93. The molecule has 1 fully saturated rings. The number of nitrogens with one attached hydrogen (secondary N) is 1. The summed E-state index contributed by atoms with van der Waals surface area (Å²) < 4.78 is 0.938. The van der Waals surface area contributed by atoms with Gasteiger partial charge in [-0.3, -0.25) is 4.79 Å². The lowest BCUT2D eigenvalue weighted by Gasteiger charge is -2.21. The van der Waals surface area contributed by atoms with Gasteiger partial charge in [0.2, 0.25) is 0 Å². The maximum absolute atomic E-state index is 11.7. The number of aliphatic hydroxyl groups is 1. The molecule has 0 aliphatic carbocycles. The molecule has 0 aromatic carbocycles. The van der Waals surface area contributed by atoms with Crippen LogP contribution < -0.4 is 5.32 Å². The van der Waals surface area contributed by atoms with Crippen LogP contribution in [0.4, 0.5) is 0 Å².